The number of sulfone groups is 1. The van der Waals surface area contributed by atoms with Crippen LogP contribution in [0, 0.1) is 5.92 Å². The molecule has 39 heavy (non-hydrogen) atoms. The minimum absolute atomic E-state index is 0.0350. The van der Waals surface area contributed by atoms with Gasteiger partial charge >= 0.3 is 6.03 Å². The van der Waals surface area contributed by atoms with Gasteiger partial charge in [-0.05, 0) is 74.7 Å². The first kappa shape index (κ1) is 28.5. The predicted molar refractivity (Wildman–Crippen MR) is 143 cm³/mol. The van der Waals surface area contributed by atoms with Gasteiger partial charge in [-0.25, -0.2) is 18.7 Å². The second-order valence-corrected chi connectivity index (χ2v) is 12.3. The fourth-order valence-corrected chi connectivity index (χ4v) is 7.14. The van der Waals surface area contributed by atoms with E-state index >= 15 is 0 Å². The summed E-state index contributed by atoms with van der Waals surface area (Å²) < 4.78 is 30.7. The first-order valence-electron chi connectivity index (χ1n) is 13.0. The number of anilines is 1. The number of hydrogen-bond acceptors (Lipinski definition) is 8. The van der Waals surface area contributed by atoms with Crippen molar-refractivity contribution in [2.75, 3.05) is 31.1 Å². The molecule has 2 saturated heterocycles. The summed E-state index contributed by atoms with van der Waals surface area (Å²) in [5.74, 6) is -0.844. The number of imide groups is 1. The first-order chi connectivity index (χ1) is 18.6. The zero-order valence-corrected chi connectivity index (χ0v) is 22.8. The van der Waals surface area contributed by atoms with Gasteiger partial charge in [-0.1, -0.05) is 32.0 Å². The van der Waals surface area contributed by atoms with Crippen molar-refractivity contribution in [2.45, 2.75) is 48.8 Å². The third kappa shape index (κ3) is 5.36. The summed E-state index contributed by atoms with van der Waals surface area (Å²) >= 11 is 0. The zero-order valence-electron chi connectivity index (χ0n) is 22.0. The van der Waals surface area contributed by atoms with Crippen LogP contribution in [0.3, 0.4) is 0 Å². The smallest absolute Gasteiger partial charge is 0.331 e. The number of hydroxylamine groups is 1. The molecule has 1 atom stereocenters. The standard InChI is InChI=1S/C27H34N4O7S/c1-19(2)23-24(32)30(26(34)31(23)20-7-4-3-5-8-20)17-6-18-38-21-9-11-22(12-10-21)39(36,37)27(25(33)29-35)13-15-28-16-14-27/h3-5,7-12,19,23,28,35H,6,13-18H2,1-2H3,(H,29,33)/t23-/m1/s1. The lowest BCUT2D eigenvalue weighted by molar-refractivity contribution is -0.132. The number of hydrogen-bond donors (Lipinski definition) is 3. The second-order valence-electron chi connectivity index (χ2n) is 10.0. The molecule has 2 heterocycles. The third-order valence-corrected chi connectivity index (χ3v) is 9.79. The molecule has 4 amide bonds. The van der Waals surface area contributed by atoms with Gasteiger partial charge in [0.2, 0.25) is 0 Å². The Hall–Kier alpha value is -3.48. The van der Waals surface area contributed by atoms with Crippen LogP contribution in [0.5, 0.6) is 5.75 Å². The van der Waals surface area contributed by atoms with Crippen molar-refractivity contribution in [3.05, 3.63) is 54.6 Å². The lowest BCUT2D eigenvalue weighted by atomic mass is 9.96. The van der Waals surface area contributed by atoms with Crippen molar-refractivity contribution in [1.82, 2.24) is 15.7 Å². The number of carbonyl (C=O) groups excluding carboxylic acids is 3. The van der Waals surface area contributed by atoms with E-state index in [9.17, 15) is 28.0 Å². The molecular weight excluding hydrogens is 524 g/mol. The van der Waals surface area contributed by atoms with Crippen molar-refractivity contribution in [1.29, 1.82) is 0 Å². The van der Waals surface area contributed by atoms with Gasteiger partial charge < -0.3 is 10.1 Å². The summed E-state index contributed by atoms with van der Waals surface area (Å²) in [4.78, 5) is 41.4. The average Bonchev–Trinajstić information content (AvgIpc) is 3.20. The molecule has 2 aliphatic heterocycles. The van der Waals surface area contributed by atoms with Gasteiger partial charge in [0.15, 0.2) is 14.6 Å². The fourth-order valence-electron chi connectivity index (χ4n) is 5.17. The van der Waals surface area contributed by atoms with Gasteiger partial charge in [-0.15, -0.1) is 0 Å². The number of ether oxygens (including phenoxy) is 1. The second kappa shape index (κ2) is 11.7. The minimum atomic E-state index is -4.09. The maximum absolute atomic E-state index is 13.4. The Morgan fingerprint density at radius 1 is 1.10 bits per heavy atom. The minimum Gasteiger partial charge on any atom is -0.494 e. The number of rotatable bonds is 10. The molecule has 2 aliphatic rings. The van der Waals surface area contributed by atoms with E-state index in [-0.39, 0.29) is 48.7 Å². The highest BCUT2D eigenvalue weighted by atomic mass is 32.2. The monoisotopic (exact) mass is 558 g/mol. The van der Waals surface area contributed by atoms with E-state index in [0.717, 1.165) is 0 Å². The number of nitrogens with one attached hydrogen (secondary N) is 2. The number of nitrogens with zero attached hydrogens (tertiary/aromatic N) is 2. The number of para-hydroxylation sites is 1. The summed E-state index contributed by atoms with van der Waals surface area (Å²) in [7, 11) is -4.09. The number of urea groups is 1. The average molecular weight is 559 g/mol. The van der Waals surface area contributed by atoms with Crippen LogP contribution in [0.15, 0.2) is 59.5 Å². The molecule has 210 valence electrons. The van der Waals surface area contributed by atoms with Crippen LogP contribution in [0.1, 0.15) is 33.1 Å². The van der Waals surface area contributed by atoms with Crippen LogP contribution >= 0.6 is 0 Å². The van der Waals surface area contributed by atoms with E-state index in [1.165, 1.54) is 34.6 Å². The molecule has 2 aromatic carbocycles. The molecule has 0 saturated carbocycles. The van der Waals surface area contributed by atoms with Gasteiger partial charge in [0, 0.05) is 12.2 Å². The van der Waals surface area contributed by atoms with Crippen LogP contribution in [-0.2, 0) is 19.4 Å². The van der Waals surface area contributed by atoms with Gasteiger partial charge in [0.1, 0.15) is 11.8 Å². The Kier molecular flexibility index (Phi) is 8.57. The maximum atomic E-state index is 13.4. The normalized spacial score (nSPS) is 19.4. The molecule has 0 spiro atoms. The molecule has 0 radical (unpaired) electrons. The quantitative estimate of drug-likeness (QED) is 0.174. The highest BCUT2D eigenvalue weighted by molar-refractivity contribution is 7.93. The van der Waals surface area contributed by atoms with Gasteiger partial charge in [-0.2, -0.15) is 0 Å². The molecule has 2 aromatic rings. The largest absolute Gasteiger partial charge is 0.494 e. The molecule has 2 fully saturated rings. The highest BCUT2D eigenvalue weighted by Gasteiger charge is 2.52. The Labute approximate surface area is 228 Å². The zero-order chi connectivity index (χ0) is 28.2. The van der Waals surface area contributed by atoms with Crippen molar-refractivity contribution < 1.29 is 32.7 Å². The van der Waals surface area contributed by atoms with Gasteiger partial charge in [-0.3, -0.25) is 24.6 Å². The van der Waals surface area contributed by atoms with Crippen LogP contribution in [0.2, 0.25) is 0 Å². The van der Waals surface area contributed by atoms with Crippen LogP contribution in [0.25, 0.3) is 0 Å². The van der Waals surface area contributed by atoms with Crippen LogP contribution in [-0.4, -0.2) is 73.4 Å². The summed E-state index contributed by atoms with van der Waals surface area (Å²) in [6.45, 7) is 4.86. The Morgan fingerprint density at radius 2 is 1.74 bits per heavy atom. The van der Waals surface area contributed by atoms with E-state index < -0.39 is 26.5 Å². The molecule has 0 aliphatic carbocycles. The molecule has 0 unspecified atom stereocenters. The molecule has 3 N–H and O–H groups in total. The number of piperidine rings is 1. The van der Waals surface area contributed by atoms with E-state index in [4.69, 9.17) is 4.74 Å². The lowest BCUT2D eigenvalue weighted by Crippen LogP contribution is -2.57. The molecular formula is C27H34N4O7S. The van der Waals surface area contributed by atoms with Crippen molar-refractivity contribution in [3.63, 3.8) is 0 Å². The van der Waals surface area contributed by atoms with Crippen molar-refractivity contribution in [2.24, 2.45) is 5.92 Å². The summed E-state index contributed by atoms with van der Waals surface area (Å²) in [5.41, 5.74) is 2.19. The molecule has 11 nitrogen and oxygen atoms in total. The number of amides is 4. The van der Waals surface area contributed by atoms with Crippen LogP contribution in [0.4, 0.5) is 10.5 Å². The Balaban J connectivity index is 1.38. The predicted octanol–water partition coefficient (Wildman–Crippen LogP) is 2.35. The van der Waals surface area contributed by atoms with E-state index in [1.54, 1.807) is 17.0 Å². The molecule has 4 rings (SSSR count). The SMILES string of the molecule is CC(C)[C@@H]1C(=O)N(CCCOc2ccc(S(=O)(=O)C3(C(=O)NO)CCNCC3)cc2)C(=O)N1c1ccccc1. The highest BCUT2D eigenvalue weighted by Crippen LogP contribution is 2.35. The topological polar surface area (TPSA) is 145 Å². The fraction of sp³-hybridized carbons (Fsp3) is 0.444. The van der Waals surface area contributed by atoms with Crippen molar-refractivity contribution >= 4 is 33.4 Å². The van der Waals surface area contributed by atoms with E-state index in [1.807, 2.05) is 32.0 Å². The summed E-state index contributed by atoms with van der Waals surface area (Å²) in [5, 5.41) is 12.2. The first-order valence-corrected chi connectivity index (χ1v) is 14.4. The molecule has 0 bridgehead atoms. The summed E-state index contributed by atoms with van der Waals surface area (Å²) in [6, 6.07) is 13.9. The summed E-state index contributed by atoms with van der Waals surface area (Å²) in [6.07, 6.45) is 0.457. The maximum Gasteiger partial charge on any atom is 0.331 e. The van der Waals surface area contributed by atoms with E-state index in [2.05, 4.69) is 5.32 Å². The third-order valence-electron chi connectivity index (χ3n) is 7.27. The van der Waals surface area contributed by atoms with Gasteiger partial charge in [0.05, 0.1) is 11.5 Å². The van der Waals surface area contributed by atoms with E-state index in [0.29, 0.717) is 30.9 Å². The number of benzene rings is 2. The van der Waals surface area contributed by atoms with Gasteiger partial charge in [0.25, 0.3) is 11.8 Å². The van der Waals surface area contributed by atoms with Crippen molar-refractivity contribution in [3.8, 4) is 5.75 Å². The Bertz CT molecular complexity index is 1290. The Morgan fingerprint density at radius 3 is 2.33 bits per heavy atom. The number of carbonyl (C=O) groups is 3. The molecule has 0 aromatic heterocycles. The van der Waals surface area contributed by atoms with Crippen LogP contribution < -0.4 is 20.4 Å². The molecule has 12 heteroatoms. The lowest BCUT2D eigenvalue weighted by Gasteiger charge is -2.34.